The highest BCUT2D eigenvalue weighted by Gasteiger charge is 2.70. The molecule has 7 rings (SSSR count). The number of halogens is 2. The largest absolute Gasteiger partial charge is 0.504 e. The van der Waals surface area contributed by atoms with E-state index >= 15 is 4.79 Å². The summed E-state index contributed by atoms with van der Waals surface area (Å²) in [6, 6.07) is 16.7. The first-order valence-electron chi connectivity index (χ1n) is 15.4. The number of para-hydroxylation sites is 1. The van der Waals surface area contributed by atoms with Gasteiger partial charge in [0.05, 0.1) is 47.6 Å². The molecule has 0 aromatic heterocycles. The highest BCUT2D eigenvalue weighted by molar-refractivity contribution is 6.36. The summed E-state index contributed by atoms with van der Waals surface area (Å²) in [4.78, 5) is 56.0. The second-order valence-electron chi connectivity index (χ2n) is 12.2. The van der Waals surface area contributed by atoms with Crippen molar-refractivity contribution in [1.29, 1.82) is 0 Å². The summed E-state index contributed by atoms with van der Waals surface area (Å²) in [5, 5.41) is 15.8. The zero-order valence-electron chi connectivity index (χ0n) is 25.5. The first kappa shape index (κ1) is 31.1. The minimum atomic E-state index is -1.59. The number of benzene rings is 3. The number of fused-ring (bicyclic) bond motifs is 4. The van der Waals surface area contributed by atoms with Crippen LogP contribution in [0.15, 0.2) is 72.3 Å². The first-order valence-corrected chi connectivity index (χ1v) is 16.1. The van der Waals surface area contributed by atoms with Gasteiger partial charge in [-0.3, -0.25) is 29.9 Å². The van der Waals surface area contributed by atoms with Gasteiger partial charge in [-0.15, -0.1) is 0 Å². The molecule has 12 heteroatoms. The number of ether oxygens (including phenoxy) is 2. The fourth-order valence-corrected chi connectivity index (χ4v) is 8.59. The van der Waals surface area contributed by atoms with Gasteiger partial charge in [-0.1, -0.05) is 59.1 Å². The summed E-state index contributed by atoms with van der Waals surface area (Å²) < 4.78 is 11.2. The molecule has 6 atom stereocenters. The number of phenolic OH excluding ortho intramolecular Hbond substituents is 1. The van der Waals surface area contributed by atoms with E-state index in [0.717, 1.165) is 5.01 Å². The van der Waals surface area contributed by atoms with Crippen LogP contribution in [-0.2, 0) is 24.6 Å². The number of nitrogens with zero attached hydrogens (tertiary/aromatic N) is 1. The number of methoxy groups -OCH3 is 1. The molecule has 2 aliphatic heterocycles. The number of imide groups is 2. The molecule has 6 unspecified atom stereocenters. The Morgan fingerprint density at radius 1 is 1.02 bits per heavy atom. The monoisotopic (exact) mass is 675 g/mol. The van der Waals surface area contributed by atoms with Gasteiger partial charge < -0.3 is 14.6 Å². The molecule has 2 saturated heterocycles. The van der Waals surface area contributed by atoms with Crippen LogP contribution in [0.4, 0.5) is 5.69 Å². The normalized spacial score (nSPS) is 27.9. The number of allylic oxidation sites excluding steroid dienone is 2. The molecule has 4 aliphatic rings. The van der Waals surface area contributed by atoms with E-state index in [9.17, 15) is 19.5 Å². The number of nitrogens with one attached hydrogen (secondary N) is 2. The summed E-state index contributed by atoms with van der Waals surface area (Å²) >= 11 is 12.6. The number of phenols is 1. The third-order valence-electron chi connectivity index (χ3n) is 10.1. The lowest BCUT2D eigenvalue weighted by molar-refractivity contribution is -0.138. The predicted octanol–water partition coefficient (Wildman–Crippen LogP) is 5.38. The van der Waals surface area contributed by atoms with Crippen molar-refractivity contribution < 1.29 is 33.8 Å². The van der Waals surface area contributed by atoms with Crippen molar-refractivity contribution in [2.45, 2.75) is 31.1 Å². The third-order valence-corrected chi connectivity index (χ3v) is 10.6. The Morgan fingerprint density at radius 3 is 2.49 bits per heavy atom. The molecule has 0 radical (unpaired) electrons. The summed E-state index contributed by atoms with van der Waals surface area (Å²) in [5.74, 6) is -5.08. The third kappa shape index (κ3) is 4.60. The maximum atomic E-state index is 15.2. The Hall–Kier alpha value is -4.54. The molecule has 10 nitrogen and oxygen atoms in total. The second-order valence-corrected chi connectivity index (χ2v) is 13.0. The first-order chi connectivity index (χ1) is 22.6. The highest BCUT2D eigenvalue weighted by atomic mass is 35.5. The van der Waals surface area contributed by atoms with Crippen molar-refractivity contribution >= 4 is 52.5 Å². The fourth-order valence-electron chi connectivity index (χ4n) is 8.14. The lowest BCUT2D eigenvalue weighted by Crippen LogP contribution is -2.53. The topological polar surface area (TPSA) is 134 Å². The smallest absolute Gasteiger partial charge is 0.260 e. The van der Waals surface area contributed by atoms with Crippen molar-refractivity contribution in [3.8, 4) is 17.2 Å². The van der Waals surface area contributed by atoms with E-state index < -0.39 is 52.7 Å². The number of carbonyl (C=O) groups is 4. The molecule has 3 aromatic carbocycles. The van der Waals surface area contributed by atoms with Crippen LogP contribution in [0.5, 0.6) is 17.2 Å². The summed E-state index contributed by atoms with van der Waals surface area (Å²) in [5.41, 5.74) is 3.24. The van der Waals surface area contributed by atoms with Gasteiger partial charge in [0.2, 0.25) is 11.8 Å². The molecule has 2 aliphatic carbocycles. The number of hydrazine groups is 1. The van der Waals surface area contributed by atoms with E-state index in [1.807, 2.05) is 6.08 Å². The summed E-state index contributed by atoms with van der Waals surface area (Å²) in [6.07, 6.45) is 2.29. The molecule has 1 saturated carbocycles. The van der Waals surface area contributed by atoms with Crippen LogP contribution >= 0.6 is 23.2 Å². The molecule has 2 heterocycles. The molecule has 0 bridgehead atoms. The van der Waals surface area contributed by atoms with Gasteiger partial charge in [-0.2, -0.15) is 5.01 Å². The van der Waals surface area contributed by atoms with E-state index in [0.29, 0.717) is 27.5 Å². The maximum absolute atomic E-state index is 15.2. The molecule has 242 valence electrons. The molecule has 3 N–H and O–H groups in total. The molecule has 3 aromatic rings. The Bertz CT molecular complexity index is 1860. The van der Waals surface area contributed by atoms with Gasteiger partial charge in [-0.25, -0.2) is 0 Å². The molecular weight excluding hydrogens is 645 g/mol. The van der Waals surface area contributed by atoms with Gasteiger partial charge in [0.15, 0.2) is 11.5 Å². The van der Waals surface area contributed by atoms with E-state index in [2.05, 4.69) is 10.7 Å². The Labute approximate surface area is 280 Å². The summed E-state index contributed by atoms with van der Waals surface area (Å²) in [6.45, 7) is 2.07. The highest BCUT2D eigenvalue weighted by Crippen LogP contribution is 2.65. The average molecular weight is 677 g/mol. The summed E-state index contributed by atoms with van der Waals surface area (Å²) in [7, 11) is 1.53. The van der Waals surface area contributed by atoms with E-state index in [1.165, 1.54) is 13.2 Å². The molecule has 3 fully saturated rings. The van der Waals surface area contributed by atoms with E-state index in [4.69, 9.17) is 32.7 Å². The molecular formula is C35H31Cl2N3O7. The van der Waals surface area contributed by atoms with Gasteiger partial charge >= 0.3 is 0 Å². The minimum Gasteiger partial charge on any atom is -0.504 e. The van der Waals surface area contributed by atoms with Gasteiger partial charge in [-0.05, 0) is 67.6 Å². The van der Waals surface area contributed by atoms with Gasteiger partial charge in [0, 0.05) is 16.5 Å². The van der Waals surface area contributed by atoms with Crippen molar-refractivity contribution in [3.05, 3.63) is 93.5 Å². The van der Waals surface area contributed by atoms with Crippen LogP contribution in [0, 0.1) is 23.7 Å². The Morgan fingerprint density at radius 2 is 1.79 bits per heavy atom. The number of amides is 4. The van der Waals surface area contributed by atoms with Crippen molar-refractivity contribution in [2.75, 3.05) is 19.1 Å². The number of anilines is 1. The fraction of sp³-hybridized carbons (Fsp3) is 0.314. The Balaban J connectivity index is 1.49. The predicted molar refractivity (Wildman–Crippen MR) is 173 cm³/mol. The van der Waals surface area contributed by atoms with E-state index in [1.54, 1.807) is 61.5 Å². The zero-order valence-corrected chi connectivity index (χ0v) is 27.0. The SMILES string of the molecule is CCOc1cccc(C2C3=CCC4C(=O)NC(=O)C4C3CC3C(=O)N(Nc4ccc(Cl)cc4Cl)C(=O)C32c2ccc(OC)cc2)c1O. The lowest BCUT2D eigenvalue weighted by atomic mass is 9.49. The van der Waals surface area contributed by atoms with Gasteiger partial charge in [0.1, 0.15) is 5.75 Å². The number of hydrogen-bond donors (Lipinski definition) is 3. The zero-order chi connectivity index (χ0) is 33.2. The van der Waals surface area contributed by atoms with Crippen LogP contribution in [0.2, 0.25) is 10.0 Å². The number of aromatic hydroxyl groups is 1. The van der Waals surface area contributed by atoms with Crippen LogP contribution in [-0.4, -0.2) is 47.5 Å². The van der Waals surface area contributed by atoms with Crippen LogP contribution in [0.1, 0.15) is 36.8 Å². The van der Waals surface area contributed by atoms with Crippen molar-refractivity contribution in [2.24, 2.45) is 23.7 Å². The van der Waals surface area contributed by atoms with Crippen molar-refractivity contribution in [3.63, 3.8) is 0 Å². The van der Waals surface area contributed by atoms with Crippen molar-refractivity contribution in [1.82, 2.24) is 10.3 Å². The molecule has 0 spiro atoms. The van der Waals surface area contributed by atoms with Gasteiger partial charge in [0.25, 0.3) is 11.8 Å². The number of rotatable bonds is 7. The van der Waals surface area contributed by atoms with Crippen LogP contribution < -0.4 is 20.2 Å². The van der Waals surface area contributed by atoms with E-state index in [-0.39, 0.29) is 47.6 Å². The quantitative estimate of drug-likeness (QED) is 0.225. The lowest BCUT2D eigenvalue weighted by Gasteiger charge is -2.50. The molecule has 47 heavy (non-hydrogen) atoms. The minimum absolute atomic E-state index is 0.110. The maximum Gasteiger partial charge on any atom is 0.260 e. The van der Waals surface area contributed by atoms with Crippen LogP contribution in [0.25, 0.3) is 0 Å². The average Bonchev–Trinajstić information content (AvgIpc) is 3.47. The van der Waals surface area contributed by atoms with Crippen LogP contribution in [0.3, 0.4) is 0 Å². The molecule has 4 amide bonds. The standard InChI is InChI=1S/C35H31Cl2N3O7/c1-3-47-27-6-4-5-22(30(27)41)29-20-12-13-21-28(32(43)38-31(21)42)23(20)16-24-33(44)40(39-26-14-9-18(36)15-25(26)37)34(45)35(24,29)17-7-10-19(46-2)11-8-17/h4-12,14-15,21,23-24,28-29,39,41H,3,13,16H2,1-2H3,(H,38,42,43). The number of carbonyl (C=O) groups excluding carboxylic acids is 4. The number of hydrogen-bond acceptors (Lipinski definition) is 8. The Kier molecular flexibility index (Phi) is 7.68. The second kappa shape index (κ2) is 11.6.